The maximum absolute atomic E-state index is 13.6. The minimum Gasteiger partial charge on any atom is -0.457 e. The number of alkyl halides is 3. The molecule has 53 heavy (non-hydrogen) atoms. The summed E-state index contributed by atoms with van der Waals surface area (Å²) in [4.78, 5) is 44.1. The number of hydrogen-bond donors (Lipinski definition) is 1. The van der Waals surface area contributed by atoms with E-state index in [2.05, 4.69) is 5.32 Å². The molecule has 0 fully saturated rings. The van der Waals surface area contributed by atoms with Crippen molar-refractivity contribution >= 4 is 29.1 Å². The second-order valence-corrected chi connectivity index (χ2v) is 12.8. The Morgan fingerprint density at radius 3 is 1.96 bits per heavy atom. The fourth-order valence-corrected chi connectivity index (χ4v) is 6.11. The first-order valence-corrected chi connectivity index (χ1v) is 17.3. The summed E-state index contributed by atoms with van der Waals surface area (Å²) in [6, 6.07) is 34.6. The Morgan fingerprint density at radius 1 is 0.717 bits per heavy atom. The largest absolute Gasteiger partial charge is 0.457 e. The molecule has 12 heteroatoms. The number of para-hydroxylation sites is 1. The number of hydrogen-bond acceptors (Lipinski definition) is 7. The molecule has 2 amide bonds. The van der Waals surface area contributed by atoms with Crippen molar-refractivity contribution < 1.29 is 37.0 Å². The van der Waals surface area contributed by atoms with Gasteiger partial charge in [0.2, 0.25) is 0 Å². The number of rotatable bonds is 12. The highest BCUT2D eigenvalue weighted by Crippen LogP contribution is 2.30. The lowest BCUT2D eigenvalue weighted by Crippen LogP contribution is -2.30. The van der Waals surface area contributed by atoms with Gasteiger partial charge in [-0.05, 0) is 83.9 Å². The second-order valence-electron chi connectivity index (χ2n) is 11.9. The number of esters is 1. The Morgan fingerprint density at radius 2 is 1.32 bits per heavy atom. The molecule has 1 aromatic heterocycles. The van der Waals surface area contributed by atoms with Crippen LogP contribution in [-0.2, 0) is 30.6 Å². The van der Waals surface area contributed by atoms with E-state index in [1.165, 1.54) is 23.2 Å². The standard InChI is InChI=1S/C41H32F3N3O5S/c1-27(48)51-36-21-9-29(10-22-36)24-47(40(50)32-15-17-33(18-16-32)41(42,43)44)25-34-26-53-39(46-34)31-13-11-30(12-14-31)38(49)45-23-28-7-19-37(20-8-28)52-35-5-3-2-4-6-35/h2-22,26H,23-25H2,1H3,(H,45,49). The van der Waals surface area contributed by atoms with E-state index in [9.17, 15) is 27.6 Å². The average molecular weight is 736 g/mol. The summed E-state index contributed by atoms with van der Waals surface area (Å²) >= 11 is 1.36. The summed E-state index contributed by atoms with van der Waals surface area (Å²) in [6.45, 7) is 1.81. The van der Waals surface area contributed by atoms with E-state index >= 15 is 0 Å². The molecule has 0 aliphatic heterocycles. The van der Waals surface area contributed by atoms with Gasteiger partial charge in [-0.2, -0.15) is 13.2 Å². The van der Waals surface area contributed by atoms with Gasteiger partial charge >= 0.3 is 12.1 Å². The number of carbonyl (C=O) groups excluding carboxylic acids is 3. The summed E-state index contributed by atoms with van der Waals surface area (Å²) in [6.07, 6.45) is -4.53. The van der Waals surface area contributed by atoms with Crippen LogP contribution in [0.15, 0.2) is 133 Å². The van der Waals surface area contributed by atoms with E-state index in [1.807, 2.05) is 60.0 Å². The summed E-state index contributed by atoms with van der Waals surface area (Å²) < 4.78 is 50.4. The van der Waals surface area contributed by atoms with Gasteiger partial charge in [0.15, 0.2) is 0 Å². The number of carbonyl (C=O) groups is 3. The van der Waals surface area contributed by atoms with E-state index in [0.29, 0.717) is 39.9 Å². The van der Waals surface area contributed by atoms with Crippen molar-refractivity contribution in [2.45, 2.75) is 32.7 Å². The van der Waals surface area contributed by atoms with Crippen molar-refractivity contribution in [3.8, 4) is 27.8 Å². The first kappa shape index (κ1) is 36.5. The molecule has 1 N–H and O–H groups in total. The summed E-state index contributed by atoms with van der Waals surface area (Å²) in [5.74, 6) is 0.582. The lowest BCUT2D eigenvalue weighted by atomic mass is 10.1. The van der Waals surface area contributed by atoms with Crippen LogP contribution < -0.4 is 14.8 Å². The molecule has 0 aliphatic carbocycles. The fraction of sp³-hybridized carbons (Fsp3) is 0.122. The lowest BCUT2D eigenvalue weighted by molar-refractivity contribution is -0.137. The number of ether oxygens (including phenoxy) is 2. The van der Waals surface area contributed by atoms with E-state index in [4.69, 9.17) is 14.5 Å². The zero-order valence-electron chi connectivity index (χ0n) is 28.3. The molecule has 0 bridgehead atoms. The van der Waals surface area contributed by atoms with Crippen molar-refractivity contribution in [3.05, 3.63) is 166 Å². The Hall–Kier alpha value is -6.27. The Labute approximate surface area is 307 Å². The molecule has 1 heterocycles. The van der Waals surface area contributed by atoms with Gasteiger partial charge in [-0.25, -0.2) is 4.98 Å². The first-order chi connectivity index (χ1) is 25.5. The maximum atomic E-state index is 13.6. The van der Waals surface area contributed by atoms with Crippen LogP contribution in [0.1, 0.15) is 50.0 Å². The minimum atomic E-state index is -4.53. The molecule has 0 saturated heterocycles. The van der Waals surface area contributed by atoms with Crippen molar-refractivity contribution in [1.82, 2.24) is 15.2 Å². The SMILES string of the molecule is CC(=O)Oc1ccc(CN(Cc2csc(-c3ccc(C(=O)NCc4ccc(Oc5ccccc5)cc4)cc3)n2)C(=O)c2ccc(C(F)(F)F)cc2)cc1. The van der Waals surface area contributed by atoms with Gasteiger partial charge < -0.3 is 19.7 Å². The van der Waals surface area contributed by atoms with Gasteiger partial charge in [0.1, 0.15) is 22.3 Å². The highest BCUT2D eigenvalue weighted by molar-refractivity contribution is 7.13. The molecule has 6 rings (SSSR count). The fourth-order valence-electron chi connectivity index (χ4n) is 5.29. The third kappa shape index (κ3) is 9.95. The van der Waals surface area contributed by atoms with Crippen molar-refractivity contribution in [2.75, 3.05) is 0 Å². The summed E-state index contributed by atoms with van der Waals surface area (Å²) in [7, 11) is 0. The third-order valence-electron chi connectivity index (χ3n) is 7.96. The van der Waals surface area contributed by atoms with Crippen molar-refractivity contribution in [2.24, 2.45) is 0 Å². The summed E-state index contributed by atoms with van der Waals surface area (Å²) in [5, 5.41) is 5.40. The molecule has 0 saturated carbocycles. The van der Waals surface area contributed by atoms with Gasteiger partial charge in [-0.1, -0.05) is 54.6 Å². The van der Waals surface area contributed by atoms with Crippen molar-refractivity contribution in [1.29, 1.82) is 0 Å². The molecular weight excluding hydrogens is 704 g/mol. The Kier molecular flexibility index (Phi) is 11.3. The minimum absolute atomic E-state index is 0.0713. The lowest BCUT2D eigenvalue weighted by Gasteiger charge is -2.22. The van der Waals surface area contributed by atoms with Gasteiger partial charge in [0, 0.05) is 42.1 Å². The summed E-state index contributed by atoms with van der Waals surface area (Å²) in [5.41, 5.74) is 2.68. The van der Waals surface area contributed by atoms with Crippen LogP contribution in [0.5, 0.6) is 17.2 Å². The predicted molar refractivity (Wildman–Crippen MR) is 194 cm³/mol. The van der Waals surface area contributed by atoms with Crippen LogP contribution in [0.2, 0.25) is 0 Å². The monoisotopic (exact) mass is 735 g/mol. The highest BCUT2D eigenvalue weighted by atomic mass is 32.1. The zero-order valence-corrected chi connectivity index (χ0v) is 29.1. The molecule has 8 nitrogen and oxygen atoms in total. The topological polar surface area (TPSA) is 97.8 Å². The molecule has 0 unspecified atom stereocenters. The number of nitrogens with zero attached hydrogens (tertiary/aromatic N) is 2. The van der Waals surface area contributed by atoms with Crippen LogP contribution >= 0.6 is 11.3 Å². The van der Waals surface area contributed by atoms with Gasteiger partial charge in [-0.15, -0.1) is 11.3 Å². The van der Waals surface area contributed by atoms with Crippen LogP contribution in [0, 0.1) is 0 Å². The van der Waals surface area contributed by atoms with Gasteiger partial charge in [-0.3, -0.25) is 14.4 Å². The molecule has 0 aliphatic rings. The number of nitrogens with one attached hydrogen (secondary N) is 1. The molecule has 268 valence electrons. The van der Waals surface area contributed by atoms with Crippen LogP contribution in [0.3, 0.4) is 0 Å². The number of thiazole rings is 1. The smallest absolute Gasteiger partial charge is 0.416 e. The second kappa shape index (κ2) is 16.4. The molecule has 0 radical (unpaired) electrons. The highest BCUT2D eigenvalue weighted by Gasteiger charge is 2.30. The van der Waals surface area contributed by atoms with Crippen molar-refractivity contribution in [3.63, 3.8) is 0 Å². The van der Waals surface area contributed by atoms with Crippen LogP contribution in [0.4, 0.5) is 13.2 Å². The predicted octanol–water partition coefficient (Wildman–Crippen LogP) is 9.32. The normalized spacial score (nSPS) is 11.1. The van der Waals surface area contributed by atoms with E-state index in [0.717, 1.165) is 41.1 Å². The molecular formula is C41H32F3N3O5S. The molecule has 5 aromatic carbocycles. The van der Waals surface area contributed by atoms with Gasteiger partial charge in [0.25, 0.3) is 11.8 Å². The Bertz CT molecular complexity index is 2170. The number of aromatic nitrogens is 1. The molecule has 6 aromatic rings. The van der Waals surface area contributed by atoms with Crippen LogP contribution in [-0.4, -0.2) is 27.7 Å². The Balaban J connectivity index is 1.10. The van der Waals surface area contributed by atoms with E-state index in [-0.39, 0.29) is 24.6 Å². The first-order valence-electron chi connectivity index (χ1n) is 16.4. The number of amides is 2. The van der Waals surface area contributed by atoms with E-state index < -0.39 is 23.6 Å². The quantitative estimate of drug-likeness (QED) is 0.0994. The third-order valence-corrected chi connectivity index (χ3v) is 8.90. The van der Waals surface area contributed by atoms with E-state index in [1.54, 1.807) is 48.5 Å². The molecule has 0 spiro atoms. The number of halogens is 3. The van der Waals surface area contributed by atoms with Gasteiger partial charge in [0.05, 0.1) is 17.8 Å². The number of benzene rings is 5. The maximum Gasteiger partial charge on any atom is 0.416 e. The van der Waals surface area contributed by atoms with Crippen LogP contribution in [0.25, 0.3) is 10.6 Å². The zero-order chi connectivity index (χ0) is 37.4. The molecule has 0 atom stereocenters. The average Bonchev–Trinajstić information content (AvgIpc) is 3.63.